The fraction of sp³-hybridized carbons (Fsp3) is 0.619. The van der Waals surface area contributed by atoms with Crippen LogP contribution in [0.15, 0.2) is 24.3 Å². The SMILES string of the molecule is COc1ccc(CN(C)C(=O)CN2CCC(C(=O)N3CCCC3)CC2)cc1. The second kappa shape index (κ2) is 9.22. The van der Waals surface area contributed by atoms with E-state index >= 15 is 0 Å². The first-order valence-electron chi connectivity index (χ1n) is 9.95. The Balaban J connectivity index is 1.42. The number of hydrogen-bond acceptors (Lipinski definition) is 4. The smallest absolute Gasteiger partial charge is 0.236 e. The molecule has 2 fully saturated rings. The minimum Gasteiger partial charge on any atom is -0.497 e. The molecule has 6 nitrogen and oxygen atoms in total. The molecule has 2 saturated heterocycles. The number of ether oxygens (including phenoxy) is 1. The Morgan fingerprint density at radius 1 is 1.07 bits per heavy atom. The van der Waals surface area contributed by atoms with Gasteiger partial charge in [0, 0.05) is 32.6 Å². The summed E-state index contributed by atoms with van der Waals surface area (Å²) in [4.78, 5) is 31.0. The number of benzene rings is 1. The second-order valence-corrected chi connectivity index (χ2v) is 7.68. The van der Waals surface area contributed by atoms with Crippen molar-refractivity contribution < 1.29 is 14.3 Å². The van der Waals surface area contributed by atoms with E-state index in [2.05, 4.69) is 4.90 Å². The van der Waals surface area contributed by atoms with E-state index in [1.54, 1.807) is 12.0 Å². The van der Waals surface area contributed by atoms with E-state index in [9.17, 15) is 9.59 Å². The monoisotopic (exact) mass is 373 g/mol. The van der Waals surface area contributed by atoms with Gasteiger partial charge in [-0.25, -0.2) is 0 Å². The molecule has 1 aromatic rings. The maximum atomic E-state index is 12.5. The molecule has 0 saturated carbocycles. The van der Waals surface area contributed by atoms with Crippen molar-refractivity contribution in [1.29, 1.82) is 0 Å². The first-order chi connectivity index (χ1) is 13.1. The zero-order valence-corrected chi connectivity index (χ0v) is 16.5. The van der Waals surface area contributed by atoms with Crippen LogP contribution >= 0.6 is 0 Å². The van der Waals surface area contributed by atoms with E-state index < -0.39 is 0 Å². The quantitative estimate of drug-likeness (QED) is 0.765. The van der Waals surface area contributed by atoms with Crippen LogP contribution in [0.1, 0.15) is 31.2 Å². The van der Waals surface area contributed by atoms with Crippen LogP contribution in [0.4, 0.5) is 0 Å². The number of carbonyl (C=O) groups is 2. The average molecular weight is 373 g/mol. The standard InChI is InChI=1S/C21H31N3O3/c1-22(15-17-5-7-19(27-2)8-6-17)20(25)16-23-13-9-18(10-14-23)21(26)24-11-3-4-12-24/h5-8,18H,3-4,9-16H2,1-2H3. The summed E-state index contributed by atoms with van der Waals surface area (Å²) in [5, 5.41) is 0. The van der Waals surface area contributed by atoms with Gasteiger partial charge in [0.1, 0.15) is 5.75 Å². The number of likely N-dealkylation sites (tertiary alicyclic amines) is 2. The highest BCUT2D eigenvalue weighted by atomic mass is 16.5. The summed E-state index contributed by atoms with van der Waals surface area (Å²) in [6.45, 7) is 4.52. The van der Waals surface area contributed by atoms with Gasteiger partial charge in [-0.2, -0.15) is 0 Å². The number of hydrogen-bond donors (Lipinski definition) is 0. The van der Waals surface area contributed by atoms with Gasteiger partial charge in [0.05, 0.1) is 13.7 Å². The lowest BCUT2D eigenvalue weighted by Gasteiger charge is -2.33. The number of methoxy groups -OCH3 is 1. The lowest BCUT2D eigenvalue weighted by Crippen LogP contribution is -2.45. The largest absolute Gasteiger partial charge is 0.497 e. The van der Waals surface area contributed by atoms with Gasteiger partial charge in [-0.3, -0.25) is 14.5 Å². The third kappa shape index (κ3) is 5.22. The fourth-order valence-electron chi connectivity index (χ4n) is 3.94. The lowest BCUT2D eigenvalue weighted by atomic mass is 9.95. The number of piperidine rings is 1. The molecule has 3 rings (SSSR count). The highest BCUT2D eigenvalue weighted by Gasteiger charge is 2.30. The normalized spacial score (nSPS) is 18.5. The van der Waals surface area contributed by atoms with Crippen molar-refractivity contribution in [3.8, 4) is 5.75 Å². The van der Waals surface area contributed by atoms with Gasteiger partial charge in [0.2, 0.25) is 11.8 Å². The van der Waals surface area contributed by atoms with Crippen molar-refractivity contribution >= 4 is 11.8 Å². The molecule has 27 heavy (non-hydrogen) atoms. The van der Waals surface area contributed by atoms with Gasteiger partial charge >= 0.3 is 0 Å². The summed E-state index contributed by atoms with van der Waals surface area (Å²) >= 11 is 0. The van der Waals surface area contributed by atoms with E-state index in [4.69, 9.17) is 4.74 Å². The number of nitrogens with zero attached hydrogens (tertiary/aromatic N) is 3. The van der Waals surface area contributed by atoms with Gasteiger partial charge in [-0.1, -0.05) is 12.1 Å². The van der Waals surface area contributed by atoms with E-state index in [0.29, 0.717) is 19.0 Å². The number of likely N-dealkylation sites (N-methyl/N-ethyl adjacent to an activating group) is 1. The summed E-state index contributed by atoms with van der Waals surface area (Å²) < 4.78 is 5.17. The van der Waals surface area contributed by atoms with E-state index in [1.807, 2.05) is 36.2 Å². The van der Waals surface area contributed by atoms with Crippen LogP contribution in [0.3, 0.4) is 0 Å². The Labute approximate surface area is 162 Å². The van der Waals surface area contributed by atoms with Crippen molar-refractivity contribution in [2.24, 2.45) is 5.92 Å². The van der Waals surface area contributed by atoms with Gasteiger partial charge in [-0.15, -0.1) is 0 Å². The Hall–Kier alpha value is -2.08. The number of carbonyl (C=O) groups excluding carboxylic acids is 2. The molecule has 0 aliphatic carbocycles. The highest BCUT2D eigenvalue weighted by Crippen LogP contribution is 2.22. The summed E-state index contributed by atoms with van der Waals surface area (Å²) in [6, 6.07) is 7.79. The second-order valence-electron chi connectivity index (χ2n) is 7.68. The number of amides is 2. The first-order valence-corrected chi connectivity index (χ1v) is 9.95. The van der Waals surface area contributed by atoms with Crippen LogP contribution in [-0.4, -0.2) is 73.4 Å². The Bertz CT molecular complexity index is 633. The molecular weight excluding hydrogens is 342 g/mol. The molecule has 2 aliphatic rings. The third-order valence-electron chi connectivity index (χ3n) is 5.72. The van der Waals surface area contributed by atoms with Gasteiger partial charge < -0.3 is 14.5 Å². The van der Waals surface area contributed by atoms with E-state index in [0.717, 1.165) is 63.2 Å². The Morgan fingerprint density at radius 3 is 2.30 bits per heavy atom. The molecule has 0 bridgehead atoms. The molecule has 0 N–H and O–H groups in total. The molecule has 0 atom stereocenters. The predicted octanol–water partition coefficient (Wildman–Crippen LogP) is 1.99. The van der Waals surface area contributed by atoms with E-state index in [1.165, 1.54) is 0 Å². The molecule has 0 aromatic heterocycles. The van der Waals surface area contributed by atoms with Gasteiger partial charge in [0.15, 0.2) is 0 Å². The molecule has 1 aromatic carbocycles. The molecule has 0 spiro atoms. The summed E-state index contributed by atoms with van der Waals surface area (Å²) in [6.07, 6.45) is 4.01. The predicted molar refractivity (Wildman–Crippen MR) is 104 cm³/mol. The molecule has 2 amide bonds. The van der Waals surface area contributed by atoms with Crippen LogP contribution in [-0.2, 0) is 16.1 Å². The maximum absolute atomic E-state index is 12.5. The molecule has 2 aliphatic heterocycles. The zero-order valence-electron chi connectivity index (χ0n) is 16.5. The molecule has 148 valence electrons. The van der Waals surface area contributed by atoms with Crippen LogP contribution in [0.2, 0.25) is 0 Å². The van der Waals surface area contributed by atoms with Crippen molar-refractivity contribution in [3.05, 3.63) is 29.8 Å². The molecule has 0 radical (unpaired) electrons. The minimum atomic E-state index is 0.120. The average Bonchev–Trinajstić information content (AvgIpc) is 3.23. The fourth-order valence-corrected chi connectivity index (χ4v) is 3.94. The maximum Gasteiger partial charge on any atom is 0.236 e. The summed E-state index contributed by atoms with van der Waals surface area (Å²) in [7, 11) is 3.49. The van der Waals surface area contributed by atoms with E-state index in [-0.39, 0.29) is 11.8 Å². The lowest BCUT2D eigenvalue weighted by molar-refractivity contribution is -0.136. The zero-order chi connectivity index (χ0) is 19.2. The highest BCUT2D eigenvalue weighted by molar-refractivity contribution is 5.79. The summed E-state index contributed by atoms with van der Waals surface area (Å²) in [5.74, 6) is 1.41. The topological polar surface area (TPSA) is 53.1 Å². The van der Waals surface area contributed by atoms with Crippen LogP contribution < -0.4 is 4.74 Å². The number of rotatable bonds is 6. The van der Waals surface area contributed by atoms with Crippen LogP contribution in [0.25, 0.3) is 0 Å². The molecule has 0 unspecified atom stereocenters. The van der Waals surface area contributed by atoms with Crippen molar-refractivity contribution in [1.82, 2.24) is 14.7 Å². The van der Waals surface area contributed by atoms with Crippen LogP contribution in [0, 0.1) is 5.92 Å². The van der Waals surface area contributed by atoms with Crippen molar-refractivity contribution in [3.63, 3.8) is 0 Å². The van der Waals surface area contributed by atoms with Gasteiger partial charge in [0.25, 0.3) is 0 Å². The third-order valence-corrected chi connectivity index (χ3v) is 5.72. The Kier molecular flexibility index (Phi) is 6.72. The Morgan fingerprint density at radius 2 is 1.70 bits per heavy atom. The first kappa shape index (κ1) is 19.7. The van der Waals surface area contributed by atoms with Crippen molar-refractivity contribution in [2.45, 2.75) is 32.2 Å². The molecular formula is C21H31N3O3. The minimum absolute atomic E-state index is 0.120. The summed E-state index contributed by atoms with van der Waals surface area (Å²) in [5.41, 5.74) is 1.08. The molecule has 6 heteroatoms. The van der Waals surface area contributed by atoms with Gasteiger partial charge in [-0.05, 0) is 56.5 Å². The van der Waals surface area contributed by atoms with Crippen LogP contribution in [0.5, 0.6) is 5.75 Å². The van der Waals surface area contributed by atoms with Crippen molar-refractivity contribution in [2.75, 3.05) is 46.9 Å². The molecule has 2 heterocycles.